The number of aliphatic hydroxyl groups excluding tert-OH is 1. The SMILES string of the molecule is COCCCN1C(=O)C(=O)/C(=C(\O)c2ccc3c(c2)OCCO3)C1c1ccc(N(C)C)cc1. The summed E-state index contributed by atoms with van der Waals surface area (Å²) in [6, 6.07) is 11.9. The van der Waals surface area contributed by atoms with Crippen molar-refractivity contribution in [2.45, 2.75) is 12.5 Å². The molecule has 1 fully saturated rings. The highest BCUT2D eigenvalue weighted by atomic mass is 16.6. The second-order valence-corrected chi connectivity index (χ2v) is 8.18. The van der Waals surface area contributed by atoms with E-state index in [0.717, 1.165) is 11.3 Å². The summed E-state index contributed by atoms with van der Waals surface area (Å²) in [7, 11) is 5.47. The molecule has 0 spiro atoms. The molecule has 2 aliphatic heterocycles. The lowest BCUT2D eigenvalue weighted by Gasteiger charge is -2.26. The summed E-state index contributed by atoms with van der Waals surface area (Å²) in [5, 5.41) is 11.2. The zero-order valence-electron chi connectivity index (χ0n) is 19.0. The average Bonchev–Trinajstić information content (AvgIpc) is 3.08. The van der Waals surface area contributed by atoms with Crippen molar-refractivity contribution in [1.82, 2.24) is 4.90 Å². The molecular weight excluding hydrogens is 424 g/mol. The minimum atomic E-state index is -0.707. The lowest BCUT2D eigenvalue weighted by atomic mass is 9.95. The van der Waals surface area contributed by atoms with Gasteiger partial charge in [-0.1, -0.05) is 12.1 Å². The highest BCUT2D eigenvalue weighted by molar-refractivity contribution is 6.46. The number of carbonyl (C=O) groups is 2. The van der Waals surface area contributed by atoms with Gasteiger partial charge in [0.25, 0.3) is 11.7 Å². The number of ketones is 1. The molecule has 2 heterocycles. The van der Waals surface area contributed by atoms with Crippen LogP contribution in [0.5, 0.6) is 11.5 Å². The summed E-state index contributed by atoms with van der Waals surface area (Å²) in [5.74, 6) is -0.505. The first-order valence-electron chi connectivity index (χ1n) is 10.9. The largest absolute Gasteiger partial charge is 0.507 e. The number of amides is 1. The van der Waals surface area contributed by atoms with Gasteiger partial charge < -0.3 is 29.1 Å². The van der Waals surface area contributed by atoms with E-state index >= 15 is 0 Å². The Morgan fingerprint density at radius 3 is 2.45 bits per heavy atom. The molecule has 0 aromatic heterocycles. The molecular formula is C25H28N2O6. The summed E-state index contributed by atoms with van der Waals surface area (Å²) in [5.41, 5.74) is 2.19. The number of aliphatic hydroxyl groups is 1. The van der Waals surface area contributed by atoms with Gasteiger partial charge in [-0.15, -0.1) is 0 Å². The molecule has 0 saturated carbocycles. The Labute approximate surface area is 193 Å². The van der Waals surface area contributed by atoms with Crippen molar-refractivity contribution in [2.75, 3.05) is 52.5 Å². The third-order valence-electron chi connectivity index (χ3n) is 5.83. The van der Waals surface area contributed by atoms with Crippen molar-refractivity contribution in [3.8, 4) is 11.5 Å². The van der Waals surface area contributed by atoms with Crippen LogP contribution in [0.3, 0.4) is 0 Å². The number of anilines is 1. The summed E-state index contributed by atoms with van der Waals surface area (Å²) in [6.07, 6.45) is 0.569. The zero-order valence-corrected chi connectivity index (χ0v) is 19.0. The molecule has 8 nitrogen and oxygen atoms in total. The van der Waals surface area contributed by atoms with Crippen molar-refractivity contribution in [3.05, 3.63) is 59.2 Å². The molecule has 1 unspecified atom stereocenters. The van der Waals surface area contributed by atoms with Gasteiger partial charge in [-0.25, -0.2) is 0 Å². The smallest absolute Gasteiger partial charge is 0.295 e. The van der Waals surface area contributed by atoms with Gasteiger partial charge in [0.1, 0.15) is 19.0 Å². The zero-order chi connectivity index (χ0) is 23.5. The average molecular weight is 453 g/mol. The second kappa shape index (κ2) is 9.54. The molecule has 8 heteroatoms. The lowest BCUT2D eigenvalue weighted by molar-refractivity contribution is -0.140. The maximum Gasteiger partial charge on any atom is 0.295 e. The van der Waals surface area contributed by atoms with E-state index in [0.29, 0.717) is 49.8 Å². The third kappa shape index (κ3) is 4.39. The lowest BCUT2D eigenvalue weighted by Crippen LogP contribution is -2.31. The number of carbonyl (C=O) groups excluding carboxylic acids is 2. The number of fused-ring (bicyclic) bond motifs is 1. The van der Waals surface area contributed by atoms with Crippen LogP contribution in [0.25, 0.3) is 5.76 Å². The van der Waals surface area contributed by atoms with Crippen LogP contribution in [-0.2, 0) is 14.3 Å². The van der Waals surface area contributed by atoms with Crippen LogP contribution in [-0.4, -0.2) is 69.3 Å². The fraction of sp³-hybridized carbons (Fsp3) is 0.360. The van der Waals surface area contributed by atoms with E-state index in [1.165, 1.54) is 4.90 Å². The quantitative estimate of drug-likeness (QED) is 0.299. The second-order valence-electron chi connectivity index (χ2n) is 8.18. The van der Waals surface area contributed by atoms with Crippen molar-refractivity contribution in [2.24, 2.45) is 0 Å². The van der Waals surface area contributed by atoms with Crippen LogP contribution < -0.4 is 14.4 Å². The molecule has 4 rings (SSSR count). The molecule has 1 N–H and O–H groups in total. The number of hydrogen-bond acceptors (Lipinski definition) is 7. The van der Waals surface area contributed by atoms with Gasteiger partial charge in [0, 0.05) is 45.6 Å². The van der Waals surface area contributed by atoms with Gasteiger partial charge in [-0.05, 0) is 42.3 Å². The number of nitrogens with zero attached hydrogens (tertiary/aromatic N) is 2. The number of benzene rings is 2. The summed E-state index contributed by atoms with van der Waals surface area (Å²) < 4.78 is 16.3. The summed E-state index contributed by atoms with van der Waals surface area (Å²) in [4.78, 5) is 29.6. The predicted octanol–water partition coefficient (Wildman–Crippen LogP) is 2.98. The molecule has 0 radical (unpaired) electrons. The Morgan fingerprint density at radius 1 is 1.09 bits per heavy atom. The summed E-state index contributed by atoms with van der Waals surface area (Å²) >= 11 is 0. The van der Waals surface area contributed by atoms with Gasteiger partial charge in [0.15, 0.2) is 11.5 Å². The number of rotatable bonds is 7. The van der Waals surface area contributed by atoms with E-state index in [2.05, 4.69) is 0 Å². The van der Waals surface area contributed by atoms with Crippen LogP contribution in [0.1, 0.15) is 23.6 Å². The Hall–Kier alpha value is -3.52. The molecule has 2 aromatic carbocycles. The number of ether oxygens (including phenoxy) is 3. The maximum absolute atomic E-state index is 13.1. The van der Waals surface area contributed by atoms with Crippen LogP contribution >= 0.6 is 0 Å². The molecule has 1 amide bonds. The van der Waals surface area contributed by atoms with E-state index in [4.69, 9.17) is 14.2 Å². The fourth-order valence-electron chi connectivity index (χ4n) is 4.14. The molecule has 33 heavy (non-hydrogen) atoms. The molecule has 1 saturated heterocycles. The Balaban J connectivity index is 1.79. The standard InChI is InChI=1S/C25H28N2O6/c1-26(2)18-8-5-16(6-9-18)22-21(24(29)25(30)27(22)11-4-12-31-3)23(28)17-7-10-19-20(15-17)33-14-13-32-19/h5-10,15,22,28H,4,11-14H2,1-3H3/b23-21-. The normalized spacial score (nSPS) is 19.1. The van der Waals surface area contributed by atoms with Gasteiger partial charge in [0.05, 0.1) is 11.6 Å². The van der Waals surface area contributed by atoms with Crippen molar-refractivity contribution >= 4 is 23.1 Å². The monoisotopic (exact) mass is 452 g/mol. The van der Waals surface area contributed by atoms with Gasteiger partial charge in [-0.2, -0.15) is 0 Å². The van der Waals surface area contributed by atoms with Gasteiger partial charge in [0.2, 0.25) is 0 Å². The van der Waals surface area contributed by atoms with Crippen molar-refractivity contribution < 1.29 is 28.9 Å². The van der Waals surface area contributed by atoms with Crippen molar-refractivity contribution in [3.63, 3.8) is 0 Å². The number of Topliss-reactive ketones (excluding diaryl/α,β-unsaturated/α-hetero) is 1. The topological polar surface area (TPSA) is 88.5 Å². The number of methoxy groups -OCH3 is 1. The first-order chi connectivity index (χ1) is 15.9. The first kappa shape index (κ1) is 22.7. The van der Waals surface area contributed by atoms with E-state index in [1.807, 2.05) is 43.3 Å². The number of hydrogen-bond donors (Lipinski definition) is 1. The van der Waals surface area contributed by atoms with Gasteiger partial charge >= 0.3 is 0 Å². The van der Waals surface area contributed by atoms with Crippen LogP contribution in [0.15, 0.2) is 48.0 Å². The molecule has 0 bridgehead atoms. The minimum Gasteiger partial charge on any atom is -0.507 e. The van der Waals surface area contributed by atoms with Crippen LogP contribution in [0, 0.1) is 0 Å². The minimum absolute atomic E-state index is 0.0618. The van der Waals surface area contributed by atoms with E-state index < -0.39 is 17.7 Å². The van der Waals surface area contributed by atoms with E-state index in [1.54, 1.807) is 25.3 Å². The van der Waals surface area contributed by atoms with Crippen molar-refractivity contribution in [1.29, 1.82) is 0 Å². The maximum atomic E-state index is 13.1. The first-order valence-corrected chi connectivity index (χ1v) is 10.9. The Bertz CT molecular complexity index is 1080. The molecule has 2 aromatic rings. The third-order valence-corrected chi connectivity index (χ3v) is 5.83. The Morgan fingerprint density at radius 2 is 1.79 bits per heavy atom. The molecule has 2 aliphatic rings. The molecule has 174 valence electrons. The number of likely N-dealkylation sites (tertiary alicyclic amines) is 1. The molecule has 1 atom stereocenters. The predicted molar refractivity (Wildman–Crippen MR) is 124 cm³/mol. The van der Waals surface area contributed by atoms with Crippen LogP contribution in [0.2, 0.25) is 0 Å². The summed E-state index contributed by atoms with van der Waals surface area (Å²) in [6.45, 7) is 1.64. The highest BCUT2D eigenvalue weighted by Gasteiger charge is 2.45. The Kier molecular flexibility index (Phi) is 6.55. The highest BCUT2D eigenvalue weighted by Crippen LogP contribution is 2.41. The van der Waals surface area contributed by atoms with E-state index in [9.17, 15) is 14.7 Å². The van der Waals surface area contributed by atoms with E-state index in [-0.39, 0.29) is 11.3 Å². The van der Waals surface area contributed by atoms with Crippen LogP contribution in [0.4, 0.5) is 5.69 Å². The molecule has 0 aliphatic carbocycles. The van der Waals surface area contributed by atoms with Gasteiger partial charge in [-0.3, -0.25) is 9.59 Å². The fourth-order valence-corrected chi connectivity index (χ4v) is 4.14.